The SMILES string of the molecule is C[C@@H]1CCC[C@@H](C)N1C(=O)COC(=O)CCc1ccccc1. The zero-order valence-electron chi connectivity index (χ0n) is 13.5. The minimum Gasteiger partial charge on any atom is -0.456 e. The number of piperidine rings is 1. The van der Waals surface area contributed by atoms with Crippen molar-refractivity contribution < 1.29 is 14.3 Å². The van der Waals surface area contributed by atoms with Crippen molar-refractivity contribution in [2.75, 3.05) is 6.61 Å². The number of esters is 1. The smallest absolute Gasteiger partial charge is 0.306 e. The van der Waals surface area contributed by atoms with Crippen LogP contribution in [0.5, 0.6) is 0 Å². The van der Waals surface area contributed by atoms with Gasteiger partial charge in [-0.1, -0.05) is 30.3 Å². The van der Waals surface area contributed by atoms with Crippen molar-refractivity contribution in [3.8, 4) is 0 Å². The Hall–Kier alpha value is -1.84. The Morgan fingerprint density at radius 3 is 2.41 bits per heavy atom. The molecule has 4 heteroatoms. The van der Waals surface area contributed by atoms with Gasteiger partial charge in [-0.3, -0.25) is 9.59 Å². The number of carbonyl (C=O) groups excluding carboxylic acids is 2. The number of nitrogens with zero attached hydrogens (tertiary/aromatic N) is 1. The van der Waals surface area contributed by atoms with Crippen LogP contribution in [0.25, 0.3) is 0 Å². The van der Waals surface area contributed by atoms with Gasteiger partial charge in [0.15, 0.2) is 6.61 Å². The standard InChI is InChI=1S/C18H25NO3/c1-14-7-6-8-15(2)19(14)17(20)13-22-18(21)12-11-16-9-4-3-5-10-16/h3-5,9-10,14-15H,6-8,11-13H2,1-2H3/t14-,15-/m1/s1. The van der Waals surface area contributed by atoms with Crippen LogP contribution in [-0.4, -0.2) is 35.5 Å². The van der Waals surface area contributed by atoms with Gasteiger partial charge in [0.1, 0.15) is 0 Å². The molecule has 1 aliphatic heterocycles. The van der Waals surface area contributed by atoms with Gasteiger partial charge in [0, 0.05) is 18.5 Å². The normalized spacial score (nSPS) is 21.5. The summed E-state index contributed by atoms with van der Waals surface area (Å²) in [6, 6.07) is 10.3. The topological polar surface area (TPSA) is 46.6 Å². The number of benzene rings is 1. The molecule has 120 valence electrons. The van der Waals surface area contributed by atoms with Crippen LogP contribution in [0.3, 0.4) is 0 Å². The Kier molecular flexibility index (Phi) is 5.99. The third-order valence-corrected chi connectivity index (χ3v) is 4.30. The first-order chi connectivity index (χ1) is 10.6. The highest BCUT2D eigenvalue weighted by molar-refractivity contribution is 5.81. The van der Waals surface area contributed by atoms with E-state index in [-0.39, 0.29) is 30.6 Å². The molecule has 0 N–H and O–H groups in total. The largest absolute Gasteiger partial charge is 0.456 e. The van der Waals surface area contributed by atoms with Crippen LogP contribution in [0.1, 0.15) is 45.1 Å². The highest BCUT2D eigenvalue weighted by atomic mass is 16.5. The number of hydrogen-bond acceptors (Lipinski definition) is 3. The van der Waals surface area contributed by atoms with Gasteiger partial charge in [0.2, 0.25) is 0 Å². The first kappa shape index (κ1) is 16.5. The highest BCUT2D eigenvalue weighted by Crippen LogP contribution is 2.22. The molecule has 0 unspecified atom stereocenters. The molecule has 0 aliphatic carbocycles. The van der Waals surface area contributed by atoms with Crippen LogP contribution >= 0.6 is 0 Å². The fourth-order valence-electron chi connectivity index (χ4n) is 3.09. The Morgan fingerprint density at radius 1 is 1.14 bits per heavy atom. The Balaban J connectivity index is 1.74. The van der Waals surface area contributed by atoms with Crippen LogP contribution in [0, 0.1) is 0 Å². The molecule has 2 rings (SSSR count). The summed E-state index contributed by atoms with van der Waals surface area (Å²) in [4.78, 5) is 25.9. The second-order valence-corrected chi connectivity index (χ2v) is 6.08. The zero-order chi connectivity index (χ0) is 15.9. The number of carbonyl (C=O) groups is 2. The van der Waals surface area contributed by atoms with E-state index in [1.54, 1.807) is 0 Å². The van der Waals surface area contributed by atoms with Crippen LogP contribution in [0.2, 0.25) is 0 Å². The van der Waals surface area contributed by atoms with E-state index in [1.807, 2.05) is 35.2 Å². The first-order valence-corrected chi connectivity index (χ1v) is 8.08. The fraction of sp³-hybridized carbons (Fsp3) is 0.556. The Morgan fingerprint density at radius 2 is 1.77 bits per heavy atom. The summed E-state index contributed by atoms with van der Waals surface area (Å²) in [5, 5.41) is 0. The van der Waals surface area contributed by atoms with E-state index < -0.39 is 0 Å². The quantitative estimate of drug-likeness (QED) is 0.786. The van der Waals surface area contributed by atoms with Gasteiger partial charge in [0.25, 0.3) is 5.91 Å². The molecule has 1 fully saturated rings. The maximum absolute atomic E-state index is 12.2. The Bertz CT molecular complexity index is 490. The van der Waals surface area contributed by atoms with E-state index in [4.69, 9.17) is 4.74 Å². The Labute approximate surface area is 132 Å². The molecular formula is C18H25NO3. The number of aryl methyl sites for hydroxylation is 1. The lowest BCUT2D eigenvalue weighted by Gasteiger charge is -2.38. The zero-order valence-corrected chi connectivity index (χ0v) is 13.5. The molecule has 0 saturated carbocycles. The monoisotopic (exact) mass is 303 g/mol. The minimum atomic E-state index is -0.311. The maximum Gasteiger partial charge on any atom is 0.306 e. The van der Waals surface area contributed by atoms with Gasteiger partial charge >= 0.3 is 5.97 Å². The molecule has 0 spiro atoms. The highest BCUT2D eigenvalue weighted by Gasteiger charge is 2.29. The summed E-state index contributed by atoms with van der Waals surface area (Å²) in [5.74, 6) is -0.387. The predicted molar refractivity (Wildman–Crippen MR) is 85.3 cm³/mol. The molecule has 2 atom stereocenters. The van der Waals surface area contributed by atoms with Crippen molar-refractivity contribution >= 4 is 11.9 Å². The molecular weight excluding hydrogens is 278 g/mol. The minimum absolute atomic E-state index is 0.0761. The molecule has 1 aliphatic rings. The van der Waals surface area contributed by atoms with Crippen LogP contribution < -0.4 is 0 Å². The summed E-state index contributed by atoms with van der Waals surface area (Å²) in [6.45, 7) is 3.98. The average Bonchev–Trinajstić information content (AvgIpc) is 2.52. The summed E-state index contributed by atoms with van der Waals surface area (Å²) in [6.07, 6.45) is 4.16. The lowest BCUT2D eigenvalue weighted by Crippen LogP contribution is -2.49. The molecule has 1 saturated heterocycles. The van der Waals surface area contributed by atoms with Crippen LogP contribution in [0.4, 0.5) is 0 Å². The summed E-state index contributed by atoms with van der Waals surface area (Å²) >= 11 is 0. The number of amides is 1. The molecule has 0 radical (unpaired) electrons. The van der Waals surface area contributed by atoms with Crippen molar-refractivity contribution in [1.82, 2.24) is 4.90 Å². The summed E-state index contributed by atoms with van der Waals surface area (Å²) < 4.78 is 5.15. The van der Waals surface area contributed by atoms with Crippen LogP contribution in [0.15, 0.2) is 30.3 Å². The molecule has 0 bridgehead atoms. The van der Waals surface area contributed by atoms with Gasteiger partial charge in [-0.15, -0.1) is 0 Å². The van der Waals surface area contributed by atoms with Gasteiger partial charge < -0.3 is 9.64 Å². The maximum atomic E-state index is 12.2. The average molecular weight is 303 g/mol. The van der Waals surface area contributed by atoms with Gasteiger partial charge in [-0.2, -0.15) is 0 Å². The van der Waals surface area contributed by atoms with E-state index in [2.05, 4.69) is 13.8 Å². The molecule has 1 aromatic rings. The van der Waals surface area contributed by atoms with Gasteiger partial charge in [-0.25, -0.2) is 0 Å². The summed E-state index contributed by atoms with van der Waals surface area (Å²) in [5.41, 5.74) is 1.10. The molecule has 0 aromatic heterocycles. The van der Waals surface area contributed by atoms with Gasteiger partial charge in [-0.05, 0) is 45.1 Å². The molecule has 1 amide bonds. The third-order valence-electron chi connectivity index (χ3n) is 4.30. The second-order valence-electron chi connectivity index (χ2n) is 6.08. The molecule has 4 nitrogen and oxygen atoms in total. The predicted octanol–water partition coefficient (Wildman–Crippen LogP) is 2.95. The number of ether oxygens (including phenoxy) is 1. The van der Waals surface area contributed by atoms with E-state index >= 15 is 0 Å². The number of likely N-dealkylation sites (tertiary alicyclic amines) is 1. The lowest BCUT2D eigenvalue weighted by molar-refractivity contribution is -0.154. The van der Waals surface area contributed by atoms with Crippen molar-refractivity contribution in [3.63, 3.8) is 0 Å². The van der Waals surface area contributed by atoms with E-state index in [1.165, 1.54) is 0 Å². The molecule has 1 heterocycles. The van der Waals surface area contributed by atoms with E-state index in [0.717, 1.165) is 24.8 Å². The summed E-state index contributed by atoms with van der Waals surface area (Å²) in [7, 11) is 0. The van der Waals surface area contributed by atoms with Crippen molar-refractivity contribution in [1.29, 1.82) is 0 Å². The first-order valence-electron chi connectivity index (χ1n) is 8.08. The van der Waals surface area contributed by atoms with Crippen molar-refractivity contribution in [2.45, 2.75) is 58.0 Å². The van der Waals surface area contributed by atoms with Crippen LogP contribution in [-0.2, 0) is 20.7 Å². The number of rotatable bonds is 5. The third kappa shape index (κ3) is 4.58. The lowest BCUT2D eigenvalue weighted by atomic mass is 9.97. The molecule has 1 aromatic carbocycles. The van der Waals surface area contributed by atoms with E-state index in [0.29, 0.717) is 12.8 Å². The molecule has 22 heavy (non-hydrogen) atoms. The van der Waals surface area contributed by atoms with Gasteiger partial charge in [0.05, 0.1) is 0 Å². The van der Waals surface area contributed by atoms with Crippen molar-refractivity contribution in [3.05, 3.63) is 35.9 Å². The second kappa shape index (κ2) is 7.97. The van der Waals surface area contributed by atoms with Crippen molar-refractivity contribution in [2.24, 2.45) is 0 Å². The number of hydrogen-bond donors (Lipinski definition) is 0. The van der Waals surface area contributed by atoms with E-state index in [9.17, 15) is 9.59 Å². The fourth-order valence-corrected chi connectivity index (χ4v) is 3.09.